The smallest absolute Gasteiger partial charge is 0.221 e. The zero-order chi connectivity index (χ0) is 20.0. The Hall–Kier alpha value is -2.79. The van der Waals surface area contributed by atoms with E-state index >= 15 is 0 Å². The van der Waals surface area contributed by atoms with Gasteiger partial charge in [-0.25, -0.2) is 5.01 Å². The van der Waals surface area contributed by atoms with Crippen molar-refractivity contribution in [2.24, 2.45) is 5.10 Å². The Bertz CT molecular complexity index is 1080. The van der Waals surface area contributed by atoms with Crippen LogP contribution in [-0.4, -0.2) is 17.8 Å². The van der Waals surface area contributed by atoms with Crippen LogP contribution >= 0.6 is 15.9 Å². The van der Waals surface area contributed by atoms with E-state index in [1.54, 1.807) is 7.11 Å². The van der Waals surface area contributed by atoms with Gasteiger partial charge in [0, 0.05) is 28.9 Å². The summed E-state index contributed by atoms with van der Waals surface area (Å²) in [6, 6.07) is 24.8. The molecule has 0 unspecified atom stereocenters. The highest BCUT2D eigenvalue weighted by molar-refractivity contribution is 9.10. The monoisotopic (exact) mass is 448 g/mol. The molecule has 3 aromatic carbocycles. The Morgan fingerprint density at radius 3 is 2.48 bits per heavy atom. The summed E-state index contributed by atoms with van der Waals surface area (Å²) >= 11 is 3.53. The molecule has 2 aliphatic rings. The molecule has 5 rings (SSSR count). The fourth-order valence-electron chi connectivity index (χ4n) is 4.16. The maximum absolute atomic E-state index is 6.56. The van der Waals surface area contributed by atoms with Crippen LogP contribution in [0.3, 0.4) is 0 Å². The van der Waals surface area contributed by atoms with Crippen LogP contribution in [0.4, 0.5) is 0 Å². The van der Waals surface area contributed by atoms with Crippen molar-refractivity contribution >= 4 is 21.6 Å². The van der Waals surface area contributed by atoms with E-state index in [1.165, 1.54) is 5.56 Å². The van der Waals surface area contributed by atoms with E-state index in [1.807, 2.05) is 30.3 Å². The van der Waals surface area contributed by atoms with Gasteiger partial charge in [0.2, 0.25) is 5.72 Å². The van der Waals surface area contributed by atoms with E-state index in [-0.39, 0.29) is 6.04 Å². The van der Waals surface area contributed by atoms with Crippen molar-refractivity contribution in [3.63, 3.8) is 0 Å². The SMILES string of the molecule is COc1ccc(C2=NN3[C@@H](C2)c2ccccc2O[C@]3(C)c2ccc(Br)cc2)cc1. The van der Waals surface area contributed by atoms with E-state index in [9.17, 15) is 0 Å². The standard InChI is InChI=1S/C24H21BrN2O2/c1-24(17-9-11-18(25)12-10-17)27-22(20-5-3-4-6-23(20)29-24)15-21(26-27)16-7-13-19(28-2)14-8-16/h3-14,22H,15H2,1-2H3/t22-,24+/m0/s1. The molecular formula is C24H21BrN2O2. The number of methoxy groups -OCH3 is 1. The fourth-order valence-corrected chi connectivity index (χ4v) is 4.43. The predicted octanol–water partition coefficient (Wildman–Crippen LogP) is 5.87. The minimum atomic E-state index is -0.687. The number of halogens is 1. The van der Waals surface area contributed by atoms with Crippen LogP contribution < -0.4 is 9.47 Å². The topological polar surface area (TPSA) is 34.1 Å². The summed E-state index contributed by atoms with van der Waals surface area (Å²) in [5, 5.41) is 7.18. The molecule has 2 atom stereocenters. The third-order valence-corrected chi connectivity index (χ3v) is 6.27. The lowest BCUT2D eigenvalue weighted by Gasteiger charge is -2.46. The molecule has 0 amide bonds. The molecule has 2 aliphatic heterocycles. The number of rotatable bonds is 3. The molecule has 0 saturated carbocycles. The number of hydrogen-bond donors (Lipinski definition) is 0. The van der Waals surface area contributed by atoms with Crippen LogP contribution in [0.1, 0.15) is 36.1 Å². The minimum absolute atomic E-state index is 0.130. The normalized spacial score (nSPS) is 22.4. The van der Waals surface area contributed by atoms with Crippen LogP contribution in [0.2, 0.25) is 0 Å². The van der Waals surface area contributed by atoms with E-state index in [0.717, 1.165) is 39.2 Å². The number of ether oxygens (including phenoxy) is 2. The van der Waals surface area contributed by atoms with Crippen molar-refractivity contribution in [1.29, 1.82) is 0 Å². The van der Waals surface area contributed by atoms with Crippen LogP contribution in [0.25, 0.3) is 0 Å². The molecule has 0 aromatic heterocycles. The molecule has 0 N–H and O–H groups in total. The van der Waals surface area contributed by atoms with Gasteiger partial charge in [0.05, 0.1) is 18.9 Å². The molecule has 0 radical (unpaired) electrons. The van der Waals surface area contributed by atoms with Crippen molar-refractivity contribution < 1.29 is 9.47 Å². The summed E-state index contributed by atoms with van der Waals surface area (Å²) in [4.78, 5) is 0. The molecule has 0 aliphatic carbocycles. The number of nitrogens with zero attached hydrogens (tertiary/aromatic N) is 2. The molecule has 0 spiro atoms. The molecule has 0 fully saturated rings. The fraction of sp³-hybridized carbons (Fsp3) is 0.208. The van der Waals surface area contributed by atoms with Crippen molar-refractivity contribution in [2.75, 3.05) is 7.11 Å². The van der Waals surface area contributed by atoms with E-state index in [4.69, 9.17) is 14.6 Å². The lowest BCUT2D eigenvalue weighted by atomic mass is 9.92. The van der Waals surface area contributed by atoms with Gasteiger partial charge in [-0.1, -0.05) is 46.3 Å². The van der Waals surface area contributed by atoms with E-state index in [0.29, 0.717) is 0 Å². The van der Waals surface area contributed by atoms with Gasteiger partial charge >= 0.3 is 0 Å². The van der Waals surface area contributed by atoms with Crippen molar-refractivity contribution in [1.82, 2.24) is 5.01 Å². The predicted molar refractivity (Wildman–Crippen MR) is 117 cm³/mol. The van der Waals surface area contributed by atoms with Crippen molar-refractivity contribution in [2.45, 2.75) is 25.1 Å². The zero-order valence-corrected chi connectivity index (χ0v) is 17.9. The van der Waals surface area contributed by atoms with Gasteiger partial charge in [0.25, 0.3) is 0 Å². The Balaban J connectivity index is 1.61. The first-order chi connectivity index (χ1) is 14.1. The average molecular weight is 449 g/mol. The first-order valence-electron chi connectivity index (χ1n) is 9.64. The first kappa shape index (κ1) is 18.3. The number of hydrogen-bond acceptors (Lipinski definition) is 4. The number of fused-ring (bicyclic) bond motifs is 3. The Labute approximate surface area is 178 Å². The Morgan fingerprint density at radius 1 is 1.03 bits per heavy atom. The van der Waals surface area contributed by atoms with Gasteiger partial charge in [0.1, 0.15) is 11.5 Å². The second-order valence-corrected chi connectivity index (χ2v) is 8.39. The van der Waals surface area contributed by atoms with Crippen molar-refractivity contribution in [3.05, 3.63) is 94.0 Å². The summed E-state index contributed by atoms with van der Waals surface area (Å²) in [6.45, 7) is 2.10. The third-order valence-electron chi connectivity index (χ3n) is 5.74. The van der Waals surface area contributed by atoms with Gasteiger partial charge < -0.3 is 9.47 Å². The average Bonchev–Trinajstić information content (AvgIpc) is 3.21. The maximum Gasteiger partial charge on any atom is 0.221 e. The molecular weight excluding hydrogens is 428 g/mol. The minimum Gasteiger partial charge on any atom is -0.497 e. The first-order valence-corrected chi connectivity index (χ1v) is 10.4. The van der Waals surface area contributed by atoms with Gasteiger partial charge in [-0.2, -0.15) is 5.10 Å². The summed E-state index contributed by atoms with van der Waals surface area (Å²) in [6.07, 6.45) is 0.832. The van der Waals surface area contributed by atoms with E-state index < -0.39 is 5.72 Å². The number of para-hydroxylation sites is 1. The largest absolute Gasteiger partial charge is 0.497 e. The molecule has 29 heavy (non-hydrogen) atoms. The highest BCUT2D eigenvalue weighted by Crippen LogP contribution is 2.50. The molecule has 4 nitrogen and oxygen atoms in total. The van der Waals surface area contributed by atoms with Crippen molar-refractivity contribution in [3.8, 4) is 11.5 Å². The van der Waals surface area contributed by atoms with Crippen LogP contribution in [0.15, 0.2) is 82.4 Å². The third kappa shape index (κ3) is 3.01. The summed E-state index contributed by atoms with van der Waals surface area (Å²) in [5.74, 6) is 1.77. The maximum atomic E-state index is 6.56. The van der Waals surface area contributed by atoms with Crippen LogP contribution in [-0.2, 0) is 5.72 Å². The highest BCUT2D eigenvalue weighted by atomic mass is 79.9. The molecule has 5 heteroatoms. The second kappa shape index (κ2) is 6.92. The van der Waals surface area contributed by atoms with Gasteiger partial charge in [-0.3, -0.25) is 0 Å². The molecule has 146 valence electrons. The lowest BCUT2D eigenvalue weighted by Crippen LogP contribution is -2.48. The van der Waals surface area contributed by atoms with Crippen LogP contribution in [0.5, 0.6) is 11.5 Å². The Morgan fingerprint density at radius 2 is 1.76 bits per heavy atom. The van der Waals surface area contributed by atoms with Gasteiger partial charge in [-0.05, 0) is 48.0 Å². The Kier molecular flexibility index (Phi) is 4.36. The highest BCUT2D eigenvalue weighted by Gasteiger charge is 2.48. The second-order valence-electron chi connectivity index (χ2n) is 7.47. The molecule has 2 heterocycles. The quantitative estimate of drug-likeness (QED) is 0.501. The summed E-state index contributed by atoms with van der Waals surface area (Å²) < 4.78 is 12.9. The lowest BCUT2D eigenvalue weighted by molar-refractivity contribution is -0.112. The molecule has 3 aromatic rings. The van der Waals surface area contributed by atoms with Gasteiger partial charge in [-0.15, -0.1) is 0 Å². The number of hydrazone groups is 1. The molecule has 0 saturated heterocycles. The number of benzene rings is 3. The van der Waals surface area contributed by atoms with E-state index in [2.05, 4.69) is 70.3 Å². The van der Waals surface area contributed by atoms with Gasteiger partial charge in [0.15, 0.2) is 0 Å². The zero-order valence-electron chi connectivity index (χ0n) is 16.3. The van der Waals surface area contributed by atoms with Crippen LogP contribution in [0, 0.1) is 0 Å². The summed E-state index contributed by atoms with van der Waals surface area (Å²) in [7, 11) is 1.68. The summed E-state index contributed by atoms with van der Waals surface area (Å²) in [5.41, 5.74) is 3.72. The molecule has 0 bridgehead atoms.